The van der Waals surface area contributed by atoms with Crippen molar-refractivity contribution in [3.8, 4) is 27.9 Å². The minimum atomic E-state index is -0.199. The van der Waals surface area contributed by atoms with E-state index in [1.165, 1.54) is 116 Å². The molecule has 4 heterocycles. The predicted octanol–water partition coefficient (Wildman–Crippen LogP) is 16.4. The van der Waals surface area contributed by atoms with Gasteiger partial charge in [-0.05, 0) is 140 Å². The van der Waals surface area contributed by atoms with Gasteiger partial charge in [-0.25, -0.2) is 0 Å². The van der Waals surface area contributed by atoms with Crippen LogP contribution in [0.1, 0.15) is 103 Å². The molecular formula is C63H54BN2OS. The summed E-state index contributed by atoms with van der Waals surface area (Å²) in [4.78, 5) is 0. The third-order valence-corrected chi connectivity index (χ3v) is 17.8. The van der Waals surface area contributed by atoms with E-state index in [9.17, 15) is 0 Å². The predicted molar refractivity (Wildman–Crippen MR) is 293 cm³/mol. The van der Waals surface area contributed by atoms with Gasteiger partial charge in [0.05, 0.1) is 5.52 Å². The van der Waals surface area contributed by atoms with Crippen LogP contribution in [0.4, 0.5) is 11.4 Å². The molecule has 0 saturated heterocycles. The number of para-hydroxylation sites is 1. The van der Waals surface area contributed by atoms with Gasteiger partial charge in [0.1, 0.15) is 11.2 Å². The lowest BCUT2D eigenvalue weighted by atomic mass is 9.59. The second kappa shape index (κ2) is 13.4. The molecule has 0 bridgehead atoms. The Morgan fingerprint density at radius 1 is 0.559 bits per heavy atom. The number of rotatable bonds is 3. The van der Waals surface area contributed by atoms with Crippen LogP contribution in [0.15, 0.2) is 138 Å². The number of nitrogens with zero attached hydrogens (tertiary/aromatic N) is 1. The molecule has 3 aliphatic rings. The molecule has 3 aromatic heterocycles. The molecule has 8 aromatic carbocycles. The Morgan fingerprint density at radius 2 is 1.25 bits per heavy atom. The van der Waals surface area contributed by atoms with E-state index in [2.05, 4.69) is 213 Å². The summed E-state index contributed by atoms with van der Waals surface area (Å²) in [6, 6.07) is 51.0. The standard InChI is InChI=1S/C63H54BN2OS/c1-60(2,3)34-18-20-35(21-19-34)65-51-29-41-40-27-48-49(62(6,7)25-24-61(48,4)5)31-47(40)63(8,9)46(41)28-42(51)38-22-23-39-43-26-44-36-14-10-12-16-54(36)67-55(44)33-52(43)66-53-30-45-37-15-11-13-17-56(37)68-57(45)32-50(53)64-58(38)59(39)66/h10-23,26-33,65H,24-25H2,1-9H3. The van der Waals surface area contributed by atoms with E-state index in [4.69, 9.17) is 4.42 Å². The monoisotopic (exact) mass is 897 g/mol. The fraction of sp³-hybridized carbons (Fsp3) is 0.238. The van der Waals surface area contributed by atoms with Crippen molar-refractivity contribution < 1.29 is 4.42 Å². The Bertz CT molecular complexity index is 4030. The molecule has 2 aliphatic carbocycles. The Labute approximate surface area is 403 Å². The van der Waals surface area contributed by atoms with Crippen LogP contribution in [0.25, 0.3) is 91.9 Å². The van der Waals surface area contributed by atoms with E-state index in [-0.39, 0.29) is 21.7 Å². The summed E-state index contributed by atoms with van der Waals surface area (Å²) in [7, 11) is 2.49. The number of benzene rings is 8. The SMILES string of the molecule is CC(C)(C)c1ccc(Nc2cc3c(cc2-c2ccc4c5cc6c(cc5n5c4c2[B]c2cc4sc7ccccc7c4cc2-5)oc2ccccc26)C(C)(C)c2cc4c(cc2-3)C(C)(C)CCC4(C)C)cc1. The Morgan fingerprint density at radius 3 is 2.03 bits per heavy atom. The first-order valence-electron chi connectivity index (χ1n) is 24.5. The maximum absolute atomic E-state index is 6.62. The summed E-state index contributed by atoms with van der Waals surface area (Å²) in [6.07, 6.45) is 2.39. The second-order valence-corrected chi connectivity index (χ2v) is 24.2. The van der Waals surface area contributed by atoms with Gasteiger partial charge in [-0.1, -0.05) is 135 Å². The van der Waals surface area contributed by atoms with E-state index in [0.29, 0.717) is 0 Å². The minimum Gasteiger partial charge on any atom is -0.456 e. The fourth-order valence-corrected chi connectivity index (χ4v) is 13.7. The van der Waals surface area contributed by atoms with E-state index in [1.54, 1.807) is 0 Å². The van der Waals surface area contributed by atoms with Crippen LogP contribution in [0.3, 0.4) is 0 Å². The molecule has 1 radical (unpaired) electrons. The highest BCUT2D eigenvalue weighted by Gasteiger charge is 2.43. The maximum Gasteiger partial charge on any atom is 0.197 e. The Hall–Kier alpha value is -6.56. The molecule has 1 aliphatic heterocycles. The molecule has 331 valence electrons. The number of hydrogen-bond donors (Lipinski definition) is 1. The molecule has 11 aromatic rings. The van der Waals surface area contributed by atoms with E-state index >= 15 is 0 Å². The number of thiophene rings is 1. The molecule has 0 atom stereocenters. The highest BCUT2D eigenvalue weighted by molar-refractivity contribution is 7.26. The number of hydrogen-bond acceptors (Lipinski definition) is 3. The van der Waals surface area contributed by atoms with Crippen molar-refractivity contribution in [3.05, 3.63) is 161 Å². The van der Waals surface area contributed by atoms with Gasteiger partial charge in [0.25, 0.3) is 0 Å². The highest BCUT2D eigenvalue weighted by atomic mass is 32.1. The molecule has 0 spiro atoms. The zero-order chi connectivity index (χ0) is 46.4. The van der Waals surface area contributed by atoms with Crippen LogP contribution < -0.4 is 16.2 Å². The third kappa shape index (κ3) is 5.54. The van der Waals surface area contributed by atoms with Gasteiger partial charge in [0.2, 0.25) is 0 Å². The molecule has 0 amide bonds. The summed E-state index contributed by atoms with van der Waals surface area (Å²) in [6.45, 7) is 21.6. The van der Waals surface area contributed by atoms with Crippen molar-refractivity contribution in [2.75, 3.05) is 5.32 Å². The first kappa shape index (κ1) is 40.5. The van der Waals surface area contributed by atoms with Crippen molar-refractivity contribution in [2.24, 2.45) is 0 Å². The summed E-state index contributed by atoms with van der Waals surface area (Å²) >= 11 is 1.89. The first-order chi connectivity index (χ1) is 32.5. The van der Waals surface area contributed by atoms with Crippen molar-refractivity contribution in [1.29, 1.82) is 0 Å². The topological polar surface area (TPSA) is 30.1 Å². The van der Waals surface area contributed by atoms with Crippen molar-refractivity contribution >= 4 is 105 Å². The lowest BCUT2D eigenvalue weighted by molar-refractivity contribution is 0.331. The van der Waals surface area contributed by atoms with E-state index in [0.717, 1.165) is 38.8 Å². The minimum absolute atomic E-state index is 0.0633. The van der Waals surface area contributed by atoms with Gasteiger partial charge in [0, 0.05) is 81.3 Å². The second-order valence-electron chi connectivity index (χ2n) is 23.1. The average Bonchev–Trinajstić information content (AvgIpc) is 4.02. The first-order valence-corrected chi connectivity index (χ1v) is 25.3. The molecule has 68 heavy (non-hydrogen) atoms. The number of nitrogens with one attached hydrogen (secondary N) is 1. The van der Waals surface area contributed by atoms with Gasteiger partial charge >= 0.3 is 0 Å². The number of anilines is 2. The molecular weight excluding hydrogens is 844 g/mol. The van der Waals surface area contributed by atoms with Crippen LogP contribution in [0.5, 0.6) is 0 Å². The Balaban J connectivity index is 1.05. The highest BCUT2D eigenvalue weighted by Crippen LogP contribution is 2.56. The molecule has 5 heteroatoms. The van der Waals surface area contributed by atoms with Gasteiger partial charge in [-0.3, -0.25) is 0 Å². The van der Waals surface area contributed by atoms with Gasteiger partial charge in [0.15, 0.2) is 7.28 Å². The normalized spacial score (nSPS) is 16.4. The van der Waals surface area contributed by atoms with Crippen LogP contribution in [0.2, 0.25) is 0 Å². The molecule has 0 unspecified atom stereocenters. The van der Waals surface area contributed by atoms with Gasteiger partial charge < -0.3 is 14.3 Å². The summed E-state index contributed by atoms with van der Waals surface area (Å²) in [5.74, 6) is 0. The Kier molecular flexibility index (Phi) is 7.96. The van der Waals surface area contributed by atoms with Gasteiger partial charge in [-0.15, -0.1) is 11.3 Å². The molecule has 0 fully saturated rings. The zero-order valence-electron chi connectivity index (χ0n) is 40.5. The van der Waals surface area contributed by atoms with Crippen LogP contribution in [-0.4, -0.2) is 11.8 Å². The molecule has 3 nitrogen and oxygen atoms in total. The average molecular weight is 898 g/mol. The molecule has 14 rings (SSSR count). The summed E-state index contributed by atoms with van der Waals surface area (Å²) < 4.78 is 11.8. The van der Waals surface area contributed by atoms with Crippen molar-refractivity contribution in [3.63, 3.8) is 0 Å². The number of fused-ring (bicyclic) bond motifs is 15. The summed E-state index contributed by atoms with van der Waals surface area (Å²) in [5.41, 5.74) is 22.6. The van der Waals surface area contributed by atoms with Crippen molar-refractivity contribution in [2.45, 2.75) is 96.8 Å². The quantitative estimate of drug-likeness (QED) is 0.179. The summed E-state index contributed by atoms with van der Waals surface area (Å²) in [5, 5.41) is 11.4. The third-order valence-electron chi connectivity index (χ3n) is 16.6. The van der Waals surface area contributed by atoms with Crippen LogP contribution in [0, 0.1) is 0 Å². The fourth-order valence-electron chi connectivity index (χ4n) is 12.6. The lowest BCUT2D eigenvalue weighted by Gasteiger charge is -2.42. The van der Waals surface area contributed by atoms with Crippen LogP contribution in [-0.2, 0) is 21.7 Å². The van der Waals surface area contributed by atoms with E-state index in [1.807, 2.05) is 11.3 Å². The number of aromatic nitrogens is 1. The van der Waals surface area contributed by atoms with E-state index < -0.39 is 0 Å². The zero-order valence-corrected chi connectivity index (χ0v) is 41.3. The largest absolute Gasteiger partial charge is 0.456 e. The molecule has 0 saturated carbocycles. The molecule has 1 N–H and O–H groups in total. The number of furan rings is 1. The smallest absolute Gasteiger partial charge is 0.197 e. The lowest BCUT2D eigenvalue weighted by Crippen LogP contribution is -2.37. The van der Waals surface area contributed by atoms with Crippen molar-refractivity contribution in [1.82, 2.24) is 4.57 Å². The van der Waals surface area contributed by atoms with Gasteiger partial charge in [-0.2, -0.15) is 0 Å². The maximum atomic E-state index is 6.62. The van der Waals surface area contributed by atoms with Crippen LogP contribution >= 0.6 is 11.3 Å².